The van der Waals surface area contributed by atoms with Gasteiger partial charge in [0.1, 0.15) is 9.90 Å². The average molecular weight is 331 g/mol. The van der Waals surface area contributed by atoms with Crippen molar-refractivity contribution in [2.24, 2.45) is 5.92 Å². The molecule has 0 atom stereocenters. The van der Waals surface area contributed by atoms with Gasteiger partial charge in [0.15, 0.2) is 15.7 Å². The van der Waals surface area contributed by atoms with Crippen molar-refractivity contribution in [3.8, 4) is 0 Å². The standard InChI is InChI=1S/C13H21N3O3S2/c1-19-8-9-4-6-16(7-5-9)13-11(12(14)15-20-13)21(17,18)10-2-3-10/h9-10H,2-8H2,1H3,(H2,14,15). The highest BCUT2D eigenvalue weighted by molar-refractivity contribution is 7.92. The van der Waals surface area contributed by atoms with Crippen LogP contribution in [0.25, 0.3) is 0 Å². The van der Waals surface area contributed by atoms with Gasteiger partial charge in [-0.2, -0.15) is 4.37 Å². The van der Waals surface area contributed by atoms with E-state index in [9.17, 15) is 8.42 Å². The molecule has 1 saturated heterocycles. The van der Waals surface area contributed by atoms with Crippen LogP contribution in [0.5, 0.6) is 0 Å². The Morgan fingerprint density at radius 1 is 1.33 bits per heavy atom. The van der Waals surface area contributed by atoms with Gasteiger partial charge in [0.25, 0.3) is 0 Å². The maximum absolute atomic E-state index is 12.5. The van der Waals surface area contributed by atoms with E-state index in [1.807, 2.05) is 0 Å². The smallest absolute Gasteiger partial charge is 0.187 e. The van der Waals surface area contributed by atoms with E-state index in [4.69, 9.17) is 10.5 Å². The maximum atomic E-state index is 12.5. The first-order chi connectivity index (χ1) is 10.0. The number of nitrogens with two attached hydrogens (primary N) is 1. The van der Waals surface area contributed by atoms with E-state index in [0.717, 1.165) is 50.4 Å². The molecule has 2 N–H and O–H groups in total. The third kappa shape index (κ3) is 2.89. The number of methoxy groups -OCH3 is 1. The molecule has 2 aliphatic rings. The third-order valence-electron chi connectivity index (χ3n) is 4.21. The Hall–Kier alpha value is -0.860. The minimum absolute atomic E-state index is 0.168. The molecular weight excluding hydrogens is 310 g/mol. The minimum Gasteiger partial charge on any atom is -0.384 e. The second kappa shape index (κ2) is 5.73. The quantitative estimate of drug-likeness (QED) is 0.880. The summed E-state index contributed by atoms with van der Waals surface area (Å²) in [5.41, 5.74) is 5.85. The average Bonchev–Trinajstić information content (AvgIpc) is 3.24. The molecule has 118 valence electrons. The van der Waals surface area contributed by atoms with Crippen LogP contribution in [-0.2, 0) is 14.6 Å². The Labute approximate surface area is 129 Å². The summed E-state index contributed by atoms with van der Waals surface area (Å²) in [6, 6.07) is 0. The Morgan fingerprint density at radius 2 is 2.00 bits per heavy atom. The maximum Gasteiger partial charge on any atom is 0.187 e. The number of hydrogen-bond donors (Lipinski definition) is 1. The molecule has 21 heavy (non-hydrogen) atoms. The molecule has 2 heterocycles. The van der Waals surface area contributed by atoms with Gasteiger partial charge in [0.2, 0.25) is 0 Å². The molecule has 1 aromatic heterocycles. The zero-order valence-corrected chi connectivity index (χ0v) is 13.8. The number of hydrogen-bond acceptors (Lipinski definition) is 7. The summed E-state index contributed by atoms with van der Waals surface area (Å²) in [6.45, 7) is 2.44. The summed E-state index contributed by atoms with van der Waals surface area (Å²) >= 11 is 1.21. The van der Waals surface area contributed by atoms with Crippen molar-refractivity contribution in [2.75, 3.05) is 37.4 Å². The van der Waals surface area contributed by atoms with Gasteiger partial charge in [0.05, 0.1) is 5.25 Å². The first-order valence-corrected chi connectivity index (χ1v) is 9.59. The monoisotopic (exact) mass is 331 g/mol. The highest BCUT2D eigenvalue weighted by Gasteiger charge is 2.41. The van der Waals surface area contributed by atoms with Gasteiger partial charge in [0, 0.05) is 26.8 Å². The van der Waals surface area contributed by atoms with E-state index in [2.05, 4.69) is 9.27 Å². The number of anilines is 2. The van der Waals surface area contributed by atoms with Crippen molar-refractivity contribution >= 4 is 32.2 Å². The molecule has 0 bridgehead atoms. The fourth-order valence-electron chi connectivity index (χ4n) is 2.84. The van der Waals surface area contributed by atoms with Gasteiger partial charge in [-0.1, -0.05) is 0 Å². The van der Waals surface area contributed by atoms with Crippen LogP contribution in [0.15, 0.2) is 4.90 Å². The predicted octanol–water partition coefficient (Wildman–Crippen LogP) is 1.52. The Kier molecular flexibility index (Phi) is 4.11. The van der Waals surface area contributed by atoms with Crippen LogP contribution in [0.1, 0.15) is 25.7 Å². The van der Waals surface area contributed by atoms with E-state index in [1.165, 1.54) is 11.5 Å². The molecule has 0 radical (unpaired) electrons. The van der Waals surface area contributed by atoms with E-state index in [-0.39, 0.29) is 16.0 Å². The summed E-state index contributed by atoms with van der Waals surface area (Å²) in [6.07, 6.45) is 3.50. The highest BCUT2D eigenvalue weighted by Crippen LogP contribution is 2.43. The van der Waals surface area contributed by atoms with Gasteiger partial charge < -0.3 is 15.4 Å². The minimum atomic E-state index is -3.30. The molecule has 8 heteroatoms. The van der Waals surface area contributed by atoms with E-state index >= 15 is 0 Å². The largest absolute Gasteiger partial charge is 0.384 e. The summed E-state index contributed by atoms with van der Waals surface area (Å²) in [5.74, 6) is 0.723. The summed E-state index contributed by atoms with van der Waals surface area (Å²) in [7, 11) is -1.58. The lowest BCUT2D eigenvalue weighted by Gasteiger charge is -2.32. The van der Waals surface area contributed by atoms with Crippen molar-refractivity contribution in [3.05, 3.63) is 0 Å². The molecule has 3 rings (SSSR count). The van der Waals surface area contributed by atoms with E-state index < -0.39 is 9.84 Å². The van der Waals surface area contributed by atoms with E-state index in [1.54, 1.807) is 7.11 Å². The van der Waals surface area contributed by atoms with Crippen LogP contribution >= 0.6 is 11.5 Å². The van der Waals surface area contributed by atoms with Crippen molar-refractivity contribution < 1.29 is 13.2 Å². The fraction of sp³-hybridized carbons (Fsp3) is 0.769. The van der Waals surface area contributed by atoms with Gasteiger partial charge in [-0.15, -0.1) is 0 Å². The molecular formula is C13H21N3O3S2. The van der Waals surface area contributed by atoms with Crippen molar-refractivity contribution in [3.63, 3.8) is 0 Å². The molecule has 1 aromatic rings. The number of piperidine rings is 1. The third-order valence-corrected chi connectivity index (χ3v) is 7.58. The molecule has 1 aliphatic carbocycles. The van der Waals surface area contributed by atoms with Gasteiger partial charge >= 0.3 is 0 Å². The number of rotatable bonds is 5. The second-order valence-corrected chi connectivity index (χ2v) is 8.75. The number of nitrogen functional groups attached to an aromatic ring is 1. The lowest BCUT2D eigenvalue weighted by molar-refractivity contribution is 0.139. The molecule has 0 amide bonds. The summed E-state index contributed by atoms with van der Waals surface area (Å²) in [4.78, 5) is 2.40. The predicted molar refractivity (Wildman–Crippen MR) is 83.5 cm³/mol. The molecule has 0 spiro atoms. The number of nitrogens with zero attached hydrogens (tertiary/aromatic N) is 2. The topological polar surface area (TPSA) is 85.5 Å². The molecule has 0 unspecified atom stereocenters. The molecule has 1 saturated carbocycles. The molecule has 0 aromatic carbocycles. The summed E-state index contributed by atoms with van der Waals surface area (Å²) < 4.78 is 34.4. The fourth-order valence-corrected chi connectivity index (χ4v) is 5.92. The van der Waals surface area contributed by atoms with Crippen LogP contribution in [-0.4, -0.2) is 44.8 Å². The Balaban J connectivity index is 1.81. The highest BCUT2D eigenvalue weighted by atomic mass is 32.2. The number of ether oxygens (including phenoxy) is 1. The zero-order chi connectivity index (χ0) is 15.0. The van der Waals surface area contributed by atoms with Crippen LogP contribution in [0.4, 0.5) is 10.8 Å². The van der Waals surface area contributed by atoms with Crippen molar-refractivity contribution in [2.45, 2.75) is 35.8 Å². The Bertz CT molecular complexity index is 602. The van der Waals surface area contributed by atoms with Crippen LogP contribution in [0.3, 0.4) is 0 Å². The SMILES string of the molecule is COCC1CCN(c2snc(N)c2S(=O)(=O)C2CC2)CC1. The molecule has 6 nitrogen and oxygen atoms in total. The Morgan fingerprint density at radius 3 is 2.57 bits per heavy atom. The molecule has 1 aliphatic heterocycles. The van der Waals surface area contributed by atoms with Gasteiger partial charge in [-0.3, -0.25) is 0 Å². The van der Waals surface area contributed by atoms with Crippen molar-refractivity contribution in [1.82, 2.24) is 4.37 Å². The van der Waals surface area contributed by atoms with Crippen LogP contribution < -0.4 is 10.6 Å². The molecule has 2 fully saturated rings. The van der Waals surface area contributed by atoms with Gasteiger partial charge in [-0.25, -0.2) is 8.42 Å². The van der Waals surface area contributed by atoms with Crippen molar-refractivity contribution in [1.29, 1.82) is 0 Å². The lowest BCUT2D eigenvalue weighted by Crippen LogP contribution is -2.35. The normalized spacial score (nSPS) is 20.9. The first-order valence-electron chi connectivity index (χ1n) is 7.27. The number of sulfone groups is 1. The van der Waals surface area contributed by atoms with Gasteiger partial charge in [-0.05, 0) is 43.1 Å². The first kappa shape index (κ1) is 15.1. The second-order valence-electron chi connectivity index (χ2n) is 5.83. The summed E-state index contributed by atoms with van der Waals surface area (Å²) in [5, 5.41) is 0.483. The van der Waals surface area contributed by atoms with Crippen LogP contribution in [0.2, 0.25) is 0 Å². The van der Waals surface area contributed by atoms with E-state index in [0.29, 0.717) is 5.92 Å². The zero-order valence-electron chi connectivity index (χ0n) is 12.1. The number of aromatic nitrogens is 1. The lowest BCUT2D eigenvalue weighted by atomic mass is 9.98. The van der Waals surface area contributed by atoms with Crippen LogP contribution in [0, 0.1) is 5.92 Å².